The van der Waals surface area contributed by atoms with E-state index in [0.717, 1.165) is 22.0 Å². The van der Waals surface area contributed by atoms with Crippen molar-refractivity contribution in [2.24, 2.45) is 12.8 Å². The maximum absolute atomic E-state index is 12.6. The van der Waals surface area contributed by atoms with Crippen LogP contribution in [0.2, 0.25) is 0 Å². The fourth-order valence-corrected chi connectivity index (χ4v) is 3.06. The number of carbonyl (C=O) groups excluding carboxylic acids is 2. The predicted octanol–water partition coefficient (Wildman–Crippen LogP) is 3.33. The van der Waals surface area contributed by atoms with Gasteiger partial charge in [0.05, 0.1) is 5.92 Å². The van der Waals surface area contributed by atoms with Gasteiger partial charge < -0.3 is 10.3 Å². The molecule has 1 atom stereocenters. The van der Waals surface area contributed by atoms with Gasteiger partial charge >= 0.3 is 0 Å². The van der Waals surface area contributed by atoms with Crippen LogP contribution in [0.15, 0.2) is 54.7 Å². The number of fused-ring (bicyclic) bond motifs is 1. The van der Waals surface area contributed by atoms with Crippen LogP contribution in [0.5, 0.6) is 0 Å². The van der Waals surface area contributed by atoms with Gasteiger partial charge in [0.15, 0.2) is 5.78 Å². The number of aromatic nitrogens is 1. The highest BCUT2D eigenvalue weighted by Gasteiger charge is 2.25. The molecule has 0 saturated carbocycles. The molecule has 0 radical (unpaired) electrons. The number of benzene rings is 2. The Kier molecular flexibility index (Phi) is 4.21. The molecular weight excluding hydrogens is 300 g/mol. The van der Waals surface area contributed by atoms with E-state index in [0.29, 0.717) is 5.56 Å². The largest absolute Gasteiger partial charge is 0.369 e. The van der Waals surface area contributed by atoms with Crippen LogP contribution in [0.3, 0.4) is 0 Å². The summed E-state index contributed by atoms with van der Waals surface area (Å²) in [6, 6.07) is 15.2. The molecule has 1 heterocycles. The lowest BCUT2D eigenvalue weighted by atomic mass is 9.90. The van der Waals surface area contributed by atoms with Gasteiger partial charge in [-0.2, -0.15) is 0 Å². The summed E-state index contributed by atoms with van der Waals surface area (Å²) in [6.45, 7) is 1.97. The lowest BCUT2D eigenvalue weighted by Crippen LogP contribution is -2.24. The van der Waals surface area contributed by atoms with Crippen LogP contribution in [0.1, 0.15) is 33.8 Å². The highest BCUT2D eigenvalue weighted by molar-refractivity contribution is 6.01. The summed E-state index contributed by atoms with van der Waals surface area (Å²) in [5, 5.41) is 0.959. The number of carbonyl (C=O) groups is 2. The van der Waals surface area contributed by atoms with Crippen molar-refractivity contribution in [1.82, 2.24) is 4.57 Å². The second-order valence-corrected chi connectivity index (χ2v) is 6.16. The van der Waals surface area contributed by atoms with Crippen LogP contribution < -0.4 is 5.73 Å². The fraction of sp³-hybridized carbons (Fsp3) is 0.200. The highest BCUT2D eigenvalue weighted by atomic mass is 16.1. The minimum atomic E-state index is -0.634. The van der Waals surface area contributed by atoms with Crippen molar-refractivity contribution in [3.63, 3.8) is 0 Å². The maximum atomic E-state index is 12.6. The molecule has 0 bridgehead atoms. The van der Waals surface area contributed by atoms with E-state index in [9.17, 15) is 9.59 Å². The molecule has 0 saturated heterocycles. The van der Waals surface area contributed by atoms with E-state index in [1.165, 1.54) is 0 Å². The molecule has 1 aromatic heterocycles. The van der Waals surface area contributed by atoms with Gasteiger partial charge in [-0.1, -0.05) is 48.0 Å². The SMILES string of the molecule is Cc1ccc(C(=O)CC(C(N)=O)c2cn(C)c3ccccc23)cc1. The monoisotopic (exact) mass is 320 g/mol. The smallest absolute Gasteiger partial charge is 0.225 e. The predicted molar refractivity (Wildman–Crippen MR) is 95.0 cm³/mol. The van der Waals surface area contributed by atoms with E-state index in [1.54, 1.807) is 12.1 Å². The molecule has 2 aromatic carbocycles. The Morgan fingerprint density at radius 1 is 1.08 bits per heavy atom. The third-order valence-electron chi connectivity index (χ3n) is 4.41. The van der Waals surface area contributed by atoms with Crippen molar-refractivity contribution in [3.05, 3.63) is 71.4 Å². The molecule has 0 aliphatic carbocycles. The normalized spacial score (nSPS) is 12.2. The summed E-state index contributed by atoms with van der Waals surface area (Å²) in [5.74, 6) is -1.19. The van der Waals surface area contributed by atoms with Gasteiger partial charge in [-0.25, -0.2) is 0 Å². The molecule has 4 nitrogen and oxygen atoms in total. The topological polar surface area (TPSA) is 65.1 Å². The first-order valence-electron chi connectivity index (χ1n) is 7.90. The molecule has 0 fully saturated rings. The Morgan fingerprint density at radius 3 is 2.42 bits per heavy atom. The maximum Gasteiger partial charge on any atom is 0.225 e. The average Bonchev–Trinajstić information content (AvgIpc) is 2.90. The van der Waals surface area contributed by atoms with Crippen molar-refractivity contribution in [2.45, 2.75) is 19.3 Å². The third kappa shape index (κ3) is 2.95. The number of Topliss-reactive ketones (excluding diaryl/α,β-unsaturated/α-hetero) is 1. The molecule has 4 heteroatoms. The minimum Gasteiger partial charge on any atom is -0.369 e. The molecule has 1 amide bonds. The van der Waals surface area contributed by atoms with E-state index < -0.39 is 11.8 Å². The van der Waals surface area contributed by atoms with E-state index in [1.807, 2.05) is 61.1 Å². The Bertz CT molecular complexity index is 907. The standard InChI is InChI=1S/C20H20N2O2/c1-13-7-9-14(10-8-13)19(23)11-16(20(21)24)17-12-22(2)18-6-4-3-5-15(17)18/h3-10,12,16H,11H2,1-2H3,(H2,21,24). The fourth-order valence-electron chi connectivity index (χ4n) is 3.06. The summed E-state index contributed by atoms with van der Waals surface area (Å²) in [7, 11) is 1.92. The third-order valence-corrected chi connectivity index (χ3v) is 4.41. The van der Waals surface area contributed by atoms with Crippen LogP contribution in [0, 0.1) is 6.92 Å². The van der Waals surface area contributed by atoms with Gasteiger partial charge in [-0.3, -0.25) is 9.59 Å². The molecule has 24 heavy (non-hydrogen) atoms. The number of ketones is 1. The van der Waals surface area contributed by atoms with Gasteiger partial charge in [0, 0.05) is 36.1 Å². The van der Waals surface area contributed by atoms with Crippen molar-refractivity contribution in [1.29, 1.82) is 0 Å². The first-order valence-corrected chi connectivity index (χ1v) is 7.90. The van der Waals surface area contributed by atoms with Gasteiger partial charge in [-0.15, -0.1) is 0 Å². The van der Waals surface area contributed by atoms with E-state index in [-0.39, 0.29) is 12.2 Å². The first kappa shape index (κ1) is 16.0. The minimum absolute atomic E-state index is 0.0758. The van der Waals surface area contributed by atoms with Crippen LogP contribution in [0.4, 0.5) is 0 Å². The zero-order valence-electron chi connectivity index (χ0n) is 13.8. The van der Waals surface area contributed by atoms with Gasteiger partial charge in [0.1, 0.15) is 0 Å². The van der Waals surface area contributed by atoms with Gasteiger partial charge in [-0.05, 0) is 18.6 Å². The molecule has 1 unspecified atom stereocenters. The number of para-hydroxylation sites is 1. The first-order chi connectivity index (χ1) is 11.5. The molecule has 122 valence electrons. The number of nitrogens with two attached hydrogens (primary N) is 1. The number of aryl methyl sites for hydroxylation is 2. The number of nitrogens with zero attached hydrogens (tertiary/aromatic N) is 1. The zero-order chi connectivity index (χ0) is 17.3. The summed E-state index contributed by atoms with van der Waals surface area (Å²) in [4.78, 5) is 24.6. The molecular formula is C20H20N2O2. The zero-order valence-corrected chi connectivity index (χ0v) is 13.8. The number of rotatable bonds is 5. The number of primary amides is 1. The Hall–Kier alpha value is -2.88. The summed E-state index contributed by atoms with van der Waals surface area (Å²) < 4.78 is 1.96. The summed E-state index contributed by atoms with van der Waals surface area (Å²) in [5.41, 5.74) is 9.13. The van der Waals surface area contributed by atoms with Gasteiger partial charge in [0.2, 0.25) is 5.91 Å². The quantitative estimate of drug-likeness (QED) is 0.733. The Balaban J connectivity index is 1.96. The average molecular weight is 320 g/mol. The number of hydrogen-bond donors (Lipinski definition) is 1. The Labute approximate surface area is 140 Å². The van der Waals surface area contributed by atoms with E-state index >= 15 is 0 Å². The van der Waals surface area contributed by atoms with E-state index in [4.69, 9.17) is 5.73 Å². The van der Waals surface area contributed by atoms with Crippen molar-refractivity contribution in [3.8, 4) is 0 Å². The summed E-state index contributed by atoms with van der Waals surface area (Å²) in [6.07, 6.45) is 1.97. The van der Waals surface area contributed by atoms with Crippen LogP contribution in [-0.2, 0) is 11.8 Å². The molecule has 0 aliphatic heterocycles. The van der Waals surface area contributed by atoms with Crippen LogP contribution >= 0.6 is 0 Å². The van der Waals surface area contributed by atoms with Crippen LogP contribution in [0.25, 0.3) is 10.9 Å². The van der Waals surface area contributed by atoms with Crippen molar-refractivity contribution >= 4 is 22.6 Å². The number of hydrogen-bond acceptors (Lipinski definition) is 2. The molecule has 3 aromatic rings. The number of amides is 1. The second-order valence-electron chi connectivity index (χ2n) is 6.16. The van der Waals surface area contributed by atoms with Crippen molar-refractivity contribution in [2.75, 3.05) is 0 Å². The van der Waals surface area contributed by atoms with Crippen molar-refractivity contribution < 1.29 is 9.59 Å². The molecule has 3 rings (SSSR count). The molecule has 2 N–H and O–H groups in total. The highest BCUT2D eigenvalue weighted by Crippen LogP contribution is 2.30. The summed E-state index contributed by atoms with van der Waals surface area (Å²) >= 11 is 0. The lowest BCUT2D eigenvalue weighted by molar-refractivity contribution is -0.119. The van der Waals surface area contributed by atoms with Crippen LogP contribution in [-0.4, -0.2) is 16.3 Å². The molecule has 0 aliphatic rings. The molecule has 0 spiro atoms. The van der Waals surface area contributed by atoms with Gasteiger partial charge in [0.25, 0.3) is 0 Å². The second kappa shape index (κ2) is 6.32. The lowest BCUT2D eigenvalue weighted by Gasteiger charge is -2.12. The van der Waals surface area contributed by atoms with E-state index in [2.05, 4.69) is 0 Å². The Morgan fingerprint density at radius 2 is 1.75 bits per heavy atom.